The summed E-state index contributed by atoms with van der Waals surface area (Å²) < 4.78 is 5.88. The van der Waals surface area contributed by atoms with Crippen LogP contribution < -0.4 is 0 Å². The Hall–Kier alpha value is -1.12. The number of alkyl halides is 1. The van der Waals surface area contributed by atoms with Gasteiger partial charge in [-0.25, -0.2) is 0 Å². The first-order valence-corrected chi connectivity index (χ1v) is 8.94. The summed E-state index contributed by atoms with van der Waals surface area (Å²) in [4.78, 5) is 0. The molecule has 0 radical (unpaired) electrons. The number of hydrogen-bond donors (Lipinski definition) is 4. The van der Waals surface area contributed by atoms with Crippen molar-refractivity contribution in [3.05, 3.63) is 57.6 Å². The zero-order valence-electron chi connectivity index (χ0n) is 12.7. The first-order chi connectivity index (χ1) is 11.4. The molecular formula is C17H18Br2O5. The molecule has 0 aliphatic carbocycles. The van der Waals surface area contributed by atoms with Gasteiger partial charge < -0.3 is 25.2 Å². The summed E-state index contributed by atoms with van der Waals surface area (Å²) in [5.41, 5.74) is 2.84. The third-order valence-electron chi connectivity index (χ3n) is 3.43. The molecule has 2 unspecified atom stereocenters. The number of rotatable bonds is 7. The van der Waals surface area contributed by atoms with Crippen LogP contribution in [0.25, 0.3) is 0 Å². The van der Waals surface area contributed by atoms with Crippen LogP contribution in [0.3, 0.4) is 0 Å². The molecule has 5 nitrogen and oxygen atoms in total. The average Bonchev–Trinajstić information content (AvgIpc) is 2.58. The molecule has 0 fully saturated rings. The second-order valence-corrected chi connectivity index (χ2v) is 7.11. The van der Waals surface area contributed by atoms with Gasteiger partial charge in [-0.1, -0.05) is 40.2 Å². The van der Waals surface area contributed by atoms with Crippen molar-refractivity contribution in [3.8, 4) is 11.5 Å². The summed E-state index contributed by atoms with van der Waals surface area (Å²) in [6.45, 7) is -0.0668. The molecule has 0 amide bonds. The summed E-state index contributed by atoms with van der Waals surface area (Å²) in [6.07, 6.45) is -0.359. The zero-order chi connectivity index (χ0) is 17.7. The van der Waals surface area contributed by atoms with E-state index in [1.54, 1.807) is 6.07 Å². The first-order valence-electron chi connectivity index (χ1n) is 7.23. The van der Waals surface area contributed by atoms with E-state index in [1.807, 2.05) is 24.3 Å². The van der Waals surface area contributed by atoms with Crippen molar-refractivity contribution >= 4 is 31.9 Å². The number of aliphatic hydroxyl groups is 2. The van der Waals surface area contributed by atoms with Gasteiger partial charge in [0.25, 0.3) is 0 Å². The van der Waals surface area contributed by atoms with E-state index < -0.39 is 11.1 Å². The van der Waals surface area contributed by atoms with Crippen molar-refractivity contribution in [1.29, 1.82) is 0 Å². The van der Waals surface area contributed by atoms with Crippen LogP contribution in [0.2, 0.25) is 0 Å². The summed E-state index contributed by atoms with van der Waals surface area (Å²) >= 11 is 6.36. The molecule has 0 heterocycles. The Morgan fingerprint density at radius 1 is 1.00 bits per heavy atom. The predicted molar refractivity (Wildman–Crippen MR) is 97.3 cm³/mol. The van der Waals surface area contributed by atoms with Crippen LogP contribution in [0.1, 0.15) is 16.7 Å². The van der Waals surface area contributed by atoms with E-state index in [4.69, 9.17) is 9.84 Å². The van der Waals surface area contributed by atoms with Gasteiger partial charge in [-0.15, -0.1) is 0 Å². The number of halogens is 2. The largest absolute Gasteiger partial charge is 0.504 e. The number of hydrogen-bond acceptors (Lipinski definition) is 5. The summed E-state index contributed by atoms with van der Waals surface area (Å²) in [5, 5.41) is 36.8. The quantitative estimate of drug-likeness (QED) is 0.376. The van der Waals surface area contributed by atoms with Gasteiger partial charge in [-0.2, -0.15) is 0 Å². The molecule has 2 aromatic rings. The SMILES string of the molecule is OCC(O)C(Br)OCc1ccc(Cc2cc(O)c(O)c(Br)c2)cc1. The van der Waals surface area contributed by atoms with Gasteiger partial charge in [0, 0.05) is 0 Å². The molecule has 0 bridgehead atoms. The van der Waals surface area contributed by atoms with Crippen LogP contribution in [0.15, 0.2) is 40.9 Å². The van der Waals surface area contributed by atoms with Gasteiger partial charge in [-0.05, 0) is 51.2 Å². The average molecular weight is 462 g/mol. The lowest BCUT2D eigenvalue weighted by molar-refractivity contribution is -0.0159. The molecule has 2 aromatic carbocycles. The third-order valence-corrected chi connectivity index (χ3v) is 4.91. The Morgan fingerprint density at radius 2 is 1.62 bits per heavy atom. The van der Waals surface area contributed by atoms with Crippen LogP contribution in [0, 0.1) is 0 Å². The van der Waals surface area contributed by atoms with Gasteiger partial charge >= 0.3 is 0 Å². The fraction of sp³-hybridized carbons (Fsp3) is 0.294. The molecule has 2 rings (SSSR count). The molecule has 24 heavy (non-hydrogen) atoms. The number of phenols is 2. The lowest BCUT2D eigenvalue weighted by Crippen LogP contribution is -2.26. The number of ether oxygens (including phenoxy) is 1. The topological polar surface area (TPSA) is 90.2 Å². The third kappa shape index (κ3) is 5.19. The van der Waals surface area contributed by atoms with Crippen LogP contribution in [0.5, 0.6) is 11.5 Å². The van der Waals surface area contributed by atoms with Gasteiger partial charge in [0.2, 0.25) is 0 Å². The molecule has 4 N–H and O–H groups in total. The monoisotopic (exact) mass is 460 g/mol. The minimum Gasteiger partial charge on any atom is -0.504 e. The van der Waals surface area contributed by atoms with Gasteiger partial charge in [0.15, 0.2) is 11.5 Å². The van der Waals surface area contributed by atoms with Gasteiger partial charge in [-0.3, -0.25) is 0 Å². The molecule has 0 saturated carbocycles. The molecule has 0 spiro atoms. The van der Waals surface area contributed by atoms with Crippen molar-refractivity contribution in [2.24, 2.45) is 0 Å². The Morgan fingerprint density at radius 3 is 2.21 bits per heavy atom. The summed E-state index contributed by atoms with van der Waals surface area (Å²) in [7, 11) is 0. The molecule has 0 aliphatic heterocycles. The molecule has 0 saturated heterocycles. The highest BCUT2D eigenvalue weighted by atomic mass is 79.9. The highest BCUT2D eigenvalue weighted by molar-refractivity contribution is 9.10. The van der Waals surface area contributed by atoms with Crippen molar-refractivity contribution in [2.75, 3.05) is 6.61 Å². The fourth-order valence-electron chi connectivity index (χ4n) is 2.10. The zero-order valence-corrected chi connectivity index (χ0v) is 15.9. The van der Waals surface area contributed by atoms with Crippen molar-refractivity contribution < 1.29 is 25.2 Å². The second kappa shape index (κ2) is 8.82. The molecule has 0 aliphatic rings. The fourth-order valence-corrected chi connectivity index (χ4v) is 2.90. The molecule has 7 heteroatoms. The van der Waals surface area contributed by atoms with Crippen LogP contribution >= 0.6 is 31.9 Å². The minimum atomic E-state index is -0.968. The predicted octanol–water partition coefficient (Wildman–Crippen LogP) is 3.04. The van der Waals surface area contributed by atoms with E-state index in [9.17, 15) is 15.3 Å². The Kier molecular flexibility index (Phi) is 7.06. The number of aliphatic hydroxyl groups excluding tert-OH is 2. The lowest BCUT2D eigenvalue weighted by atomic mass is 10.0. The van der Waals surface area contributed by atoms with Crippen LogP contribution in [0.4, 0.5) is 0 Å². The number of phenolic OH excluding ortho intramolecular Hbond substituents is 2. The standard InChI is InChI=1S/C17H18Br2O5/c18-13-6-12(7-14(21)16(13)23)5-10-1-3-11(4-2-10)9-24-17(19)15(22)8-20/h1-4,6-7,15,17,20-23H,5,8-9H2. The van der Waals surface area contributed by atoms with E-state index in [2.05, 4.69) is 31.9 Å². The molecule has 130 valence electrons. The van der Waals surface area contributed by atoms with E-state index in [0.717, 1.165) is 16.7 Å². The highest BCUT2D eigenvalue weighted by Crippen LogP contribution is 2.34. The molecular weight excluding hydrogens is 444 g/mol. The number of aromatic hydroxyl groups is 2. The highest BCUT2D eigenvalue weighted by Gasteiger charge is 2.15. The maximum atomic E-state index is 9.65. The number of benzene rings is 2. The summed E-state index contributed by atoms with van der Waals surface area (Å²) in [6, 6.07) is 11.0. The van der Waals surface area contributed by atoms with Gasteiger partial charge in [0.05, 0.1) is 17.7 Å². The maximum Gasteiger partial charge on any atom is 0.171 e. The van der Waals surface area contributed by atoms with Crippen LogP contribution in [-0.2, 0) is 17.8 Å². The lowest BCUT2D eigenvalue weighted by Gasteiger charge is -2.15. The Bertz CT molecular complexity index is 652. The minimum absolute atomic E-state index is 0.157. The normalized spacial score (nSPS) is 13.7. The molecule has 0 aromatic heterocycles. The smallest absolute Gasteiger partial charge is 0.171 e. The maximum absolute atomic E-state index is 9.65. The van der Waals surface area contributed by atoms with E-state index >= 15 is 0 Å². The van der Waals surface area contributed by atoms with Gasteiger partial charge in [0.1, 0.15) is 11.1 Å². The molecule has 2 atom stereocenters. The second-order valence-electron chi connectivity index (χ2n) is 5.35. The Labute approximate surface area is 156 Å². The van der Waals surface area contributed by atoms with Crippen molar-refractivity contribution in [1.82, 2.24) is 0 Å². The van der Waals surface area contributed by atoms with E-state index in [1.165, 1.54) is 6.07 Å². The van der Waals surface area contributed by atoms with E-state index in [-0.39, 0.29) is 18.1 Å². The Balaban J connectivity index is 1.97. The van der Waals surface area contributed by atoms with E-state index in [0.29, 0.717) is 17.5 Å². The van der Waals surface area contributed by atoms with Crippen molar-refractivity contribution in [3.63, 3.8) is 0 Å². The summed E-state index contributed by atoms with van der Waals surface area (Å²) in [5.74, 6) is -0.323. The van der Waals surface area contributed by atoms with Crippen molar-refractivity contribution in [2.45, 2.75) is 24.1 Å². The van der Waals surface area contributed by atoms with Crippen LogP contribution in [-0.4, -0.2) is 38.2 Å². The first kappa shape index (κ1) is 19.2.